The van der Waals surface area contributed by atoms with Crippen molar-refractivity contribution in [2.24, 2.45) is 0 Å². The van der Waals surface area contributed by atoms with Crippen LogP contribution in [0.1, 0.15) is 37.2 Å². The molecule has 0 fully saturated rings. The molecule has 3 heteroatoms. The van der Waals surface area contributed by atoms with Crippen molar-refractivity contribution in [2.75, 3.05) is 27.4 Å². The van der Waals surface area contributed by atoms with E-state index in [0.29, 0.717) is 12.0 Å². The van der Waals surface area contributed by atoms with Crippen molar-refractivity contribution in [1.82, 2.24) is 5.32 Å². The first kappa shape index (κ1) is 14.4. The van der Waals surface area contributed by atoms with E-state index >= 15 is 0 Å². The highest BCUT2D eigenvalue weighted by atomic mass is 16.5. The average molecular weight is 263 g/mol. The number of hydrogen-bond donors (Lipinski definition) is 1. The molecule has 0 spiro atoms. The molecular weight excluding hydrogens is 238 g/mol. The van der Waals surface area contributed by atoms with E-state index in [9.17, 15) is 0 Å². The molecule has 0 aliphatic carbocycles. The maximum absolute atomic E-state index is 5.73. The zero-order valence-electron chi connectivity index (χ0n) is 12.0. The van der Waals surface area contributed by atoms with Gasteiger partial charge in [-0.1, -0.05) is 18.2 Å². The van der Waals surface area contributed by atoms with Gasteiger partial charge in [0, 0.05) is 19.8 Å². The largest absolute Gasteiger partial charge is 0.493 e. The van der Waals surface area contributed by atoms with E-state index in [1.807, 2.05) is 0 Å². The SMILES string of the molecule is CNC(CCCOC)CC1CCOc2ccccc21. The van der Waals surface area contributed by atoms with Gasteiger partial charge in [0.25, 0.3) is 0 Å². The third-order valence-corrected chi connectivity index (χ3v) is 3.96. The first-order chi connectivity index (χ1) is 9.35. The van der Waals surface area contributed by atoms with Gasteiger partial charge >= 0.3 is 0 Å². The molecule has 2 atom stereocenters. The van der Waals surface area contributed by atoms with E-state index in [-0.39, 0.29) is 0 Å². The van der Waals surface area contributed by atoms with Crippen molar-refractivity contribution in [1.29, 1.82) is 0 Å². The van der Waals surface area contributed by atoms with Crippen LogP contribution in [0.15, 0.2) is 24.3 Å². The lowest BCUT2D eigenvalue weighted by Crippen LogP contribution is -2.29. The van der Waals surface area contributed by atoms with Crippen molar-refractivity contribution in [2.45, 2.75) is 37.6 Å². The number of para-hydroxylation sites is 1. The molecule has 106 valence electrons. The maximum atomic E-state index is 5.73. The van der Waals surface area contributed by atoms with Crippen LogP contribution in [0.5, 0.6) is 5.75 Å². The molecule has 0 bridgehead atoms. The number of nitrogens with one attached hydrogen (secondary N) is 1. The number of hydrogen-bond acceptors (Lipinski definition) is 3. The first-order valence-electron chi connectivity index (χ1n) is 7.23. The van der Waals surface area contributed by atoms with Crippen LogP contribution < -0.4 is 10.1 Å². The van der Waals surface area contributed by atoms with E-state index in [1.165, 1.54) is 18.4 Å². The van der Waals surface area contributed by atoms with Gasteiger partial charge in [-0.15, -0.1) is 0 Å². The van der Waals surface area contributed by atoms with E-state index in [4.69, 9.17) is 9.47 Å². The number of methoxy groups -OCH3 is 1. The van der Waals surface area contributed by atoms with Gasteiger partial charge in [-0.3, -0.25) is 0 Å². The molecule has 19 heavy (non-hydrogen) atoms. The molecule has 0 aromatic heterocycles. The molecule has 0 radical (unpaired) electrons. The molecule has 2 rings (SSSR count). The molecule has 1 aliphatic heterocycles. The Bertz CT molecular complexity index is 381. The molecule has 2 unspecified atom stereocenters. The van der Waals surface area contributed by atoms with Crippen LogP contribution in [0.4, 0.5) is 0 Å². The van der Waals surface area contributed by atoms with E-state index in [1.54, 1.807) is 7.11 Å². The molecule has 0 saturated heterocycles. The minimum atomic E-state index is 0.561. The zero-order chi connectivity index (χ0) is 13.5. The molecule has 1 aromatic carbocycles. The van der Waals surface area contributed by atoms with Gasteiger partial charge in [0.05, 0.1) is 6.61 Å². The molecule has 3 nitrogen and oxygen atoms in total. The van der Waals surface area contributed by atoms with Crippen molar-refractivity contribution >= 4 is 0 Å². The summed E-state index contributed by atoms with van der Waals surface area (Å²) in [5.74, 6) is 1.69. The Balaban J connectivity index is 1.94. The third-order valence-electron chi connectivity index (χ3n) is 3.96. The first-order valence-corrected chi connectivity index (χ1v) is 7.23. The fourth-order valence-corrected chi connectivity index (χ4v) is 2.86. The topological polar surface area (TPSA) is 30.5 Å². The Morgan fingerprint density at radius 1 is 1.42 bits per heavy atom. The highest BCUT2D eigenvalue weighted by Gasteiger charge is 2.23. The van der Waals surface area contributed by atoms with Crippen LogP contribution in [0.3, 0.4) is 0 Å². The van der Waals surface area contributed by atoms with E-state index < -0.39 is 0 Å². The van der Waals surface area contributed by atoms with Crippen molar-refractivity contribution in [3.63, 3.8) is 0 Å². The Morgan fingerprint density at radius 2 is 2.26 bits per heavy atom. The number of ether oxygens (including phenoxy) is 2. The van der Waals surface area contributed by atoms with Crippen molar-refractivity contribution in [3.8, 4) is 5.75 Å². The summed E-state index contributed by atoms with van der Waals surface area (Å²) >= 11 is 0. The van der Waals surface area contributed by atoms with Crippen LogP contribution in [0.2, 0.25) is 0 Å². The normalized spacial score (nSPS) is 19.6. The van der Waals surface area contributed by atoms with E-state index in [0.717, 1.165) is 31.8 Å². The van der Waals surface area contributed by atoms with Gasteiger partial charge in [-0.2, -0.15) is 0 Å². The number of benzene rings is 1. The minimum absolute atomic E-state index is 0.561. The molecule has 0 saturated carbocycles. The summed E-state index contributed by atoms with van der Waals surface area (Å²) in [4.78, 5) is 0. The third kappa shape index (κ3) is 3.95. The number of rotatable bonds is 7. The van der Waals surface area contributed by atoms with Gasteiger partial charge in [-0.25, -0.2) is 0 Å². The maximum Gasteiger partial charge on any atom is 0.122 e. The Morgan fingerprint density at radius 3 is 3.05 bits per heavy atom. The van der Waals surface area contributed by atoms with Gasteiger partial charge in [-0.05, 0) is 50.3 Å². The summed E-state index contributed by atoms with van der Waals surface area (Å²) in [6, 6.07) is 9.02. The Labute approximate surface area is 116 Å². The highest BCUT2D eigenvalue weighted by molar-refractivity contribution is 5.37. The minimum Gasteiger partial charge on any atom is -0.493 e. The second-order valence-electron chi connectivity index (χ2n) is 5.23. The van der Waals surface area contributed by atoms with Crippen LogP contribution in [-0.4, -0.2) is 33.4 Å². The Hall–Kier alpha value is -1.06. The van der Waals surface area contributed by atoms with Crippen molar-refractivity contribution < 1.29 is 9.47 Å². The van der Waals surface area contributed by atoms with Crippen LogP contribution in [0, 0.1) is 0 Å². The summed E-state index contributed by atoms with van der Waals surface area (Å²) in [6.45, 7) is 1.69. The van der Waals surface area contributed by atoms with Gasteiger partial charge in [0.2, 0.25) is 0 Å². The predicted octanol–water partition coefficient (Wildman–Crippen LogP) is 2.96. The second kappa shape index (κ2) is 7.51. The molecule has 1 aliphatic rings. The van der Waals surface area contributed by atoms with Gasteiger partial charge < -0.3 is 14.8 Å². The summed E-state index contributed by atoms with van der Waals surface area (Å²) in [5.41, 5.74) is 1.38. The molecule has 1 N–H and O–H groups in total. The quantitative estimate of drug-likeness (QED) is 0.767. The lowest BCUT2D eigenvalue weighted by molar-refractivity contribution is 0.186. The molecule has 0 amide bonds. The Kier molecular flexibility index (Phi) is 5.67. The summed E-state index contributed by atoms with van der Waals surface area (Å²) < 4.78 is 10.9. The molecule has 1 aromatic rings. The zero-order valence-corrected chi connectivity index (χ0v) is 12.0. The summed E-state index contributed by atoms with van der Waals surface area (Å²) in [7, 11) is 3.83. The number of fused-ring (bicyclic) bond motifs is 1. The summed E-state index contributed by atoms with van der Waals surface area (Å²) in [6.07, 6.45) is 4.59. The smallest absolute Gasteiger partial charge is 0.122 e. The van der Waals surface area contributed by atoms with Crippen LogP contribution in [0.25, 0.3) is 0 Å². The lowest BCUT2D eigenvalue weighted by Gasteiger charge is -2.29. The second-order valence-corrected chi connectivity index (χ2v) is 5.23. The fourth-order valence-electron chi connectivity index (χ4n) is 2.86. The molecule has 1 heterocycles. The van der Waals surface area contributed by atoms with Crippen LogP contribution in [-0.2, 0) is 4.74 Å². The lowest BCUT2D eigenvalue weighted by atomic mass is 9.86. The predicted molar refractivity (Wildman–Crippen MR) is 77.9 cm³/mol. The molecular formula is C16H25NO2. The summed E-state index contributed by atoms with van der Waals surface area (Å²) in [5, 5.41) is 3.44. The van der Waals surface area contributed by atoms with Gasteiger partial charge in [0.1, 0.15) is 5.75 Å². The standard InChI is InChI=1S/C16H25NO2/c1-17-14(6-5-10-18-2)12-13-9-11-19-16-8-4-3-7-15(13)16/h3-4,7-8,13-14,17H,5-6,9-12H2,1-2H3. The van der Waals surface area contributed by atoms with E-state index in [2.05, 4.69) is 36.6 Å². The van der Waals surface area contributed by atoms with Crippen molar-refractivity contribution in [3.05, 3.63) is 29.8 Å². The van der Waals surface area contributed by atoms with Crippen LogP contribution >= 0.6 is 0 Å². The average Bonchev–Trinajstić information content (AvgIpc) is 2.46. The van der Waals surface area contributed by atoms with Gasteiger partial charge in [0.15, 0.2) is 0 Å². The monoisotopic (exact) mass is 263 g/mol. The fraction of sp³-hybridized carbons (Fsp3) is 0.625. The highest BCUT2D eigenvalue weighted by Crippen LogP contribution is 2.36.